The lowest BCUT2D eigenvalue weighted by molar-refractivity contribution is -0.128. The van der Waals surface area contributed by atoms with E-state index in [0.717, 1.165) is 22.4 Å². The Bertz CT molecular complexity index is 745. The quantitative estimate of drug-likeness (QED) is 0.890. The highest BCUT2D eigenvalue weighted by Crippen LogP contribution is 2.24. The number of ketones is 1. The summed E-state index contributed by atoms with van der Waals surface area (Å²) >= 11 is 0. The van der Waals surface area contributed by atoms with Crippen molar-refractivity contribution in [1.82, 2.24) is 0 Å². The molecule has 6 nitrogen and oxygen atoms in total. The van der Waals surface area contributed by atoms with Gasteiger partial charge in [0.15, 0.2) is 11.3 Å². The predicted octanol–water partition coefficient (Wildman–Crippen LogP) is 1.24. The summed E-state index contributed by atoms with van der Waals surface area (Å²) < 4.78 is 0. The third kappa shape index (κ3) is 2.41. The van der Waals surface area contributed by atoms with E-state index in [2.05, 4.69) is 15.1 Å². The summed E-state index contributed by atoms with van der Waals surface area (Å²) in [6.45, 7) is 6.29. The number of nitrogens with zero attached hydrogens (tertiary/aromatic N) is 3. The lowest BCUT2D eigenvalue weighted by Gasteiger charge is -2.14. The Labute approximate surface area is 128 Å². The van der Waals surface area contributed by atoms with E-state index in [-0.39, 0.29) is 5.78 Å². The summed E-state index contributed by atoms with van der Waals surface area (Å²) in [4.78, 5) is 26.2. The standard InChI is InChI=1S/C16H18N4O2/c1-9-4-5-10(14-15(21)16(2,3)22-20-14)6-11(9)12-7-19-13(17)8-18-12/h4-6H,7-8H2,1-3H3,(H2,17,19). The van der Waals surface area contributed by atoms with Crippen LogP contribution >= 0.6 is 0 Å². The van der Waals surface area contributed by atoms with Gasteiger partial charge >= 0.3 is 0 Å². The van der Waals surface area contributed by atoms with Gasteiger partial charge in [0, 0.05) is 11.1 Å². The van der Waals surface area contributed by atoms with E-state index in [4.69, 9.17) is 10.6 Å². The number of aryl methyl sites for hydroxylation is 1. The molecule has 2 aliphatic heterocycles. The van der Waals surface area contributed by atoms with Crippen molar-refractivity contribution in [3.8, 4) is 0 Å². The largest absolute Gasteiger partial charge is 0.386 e. The summed E-state index contributed by atoms with van der Waals surface area (Å²) in [6.07, 6.45) is 0. The first kappa shape index (κ1) is 14.4. The Morgan fingerprint density at radius 2 is 2.00 bits per heavy atom. The first-order valence-corrected chi connectivity index (χ1v) is 7.13. The molecule has 2 N–H and O–H groups in total. The van der Waals surface area contributed by atoms with Crippen molar-refractivity contribution in [3.05, 3.63) is 34.9 Å². The van der Waals surface area contributed by atoms with E-state index in [0.29, 0.717) is 24.6 Å². The van der Waals surface area contributed by atoms with Crippen LogP contribution in [0.3, 0.4) is 0 Å². The van der Waals surface area contributed by atoms with Gasteiger partial charge in [0.25, 0.3) is 0 Å². The topological polar surface area (TPSA) is 89.4 Å². The van der Waals surface area contributed by atoms with Gasteiger partial charge in [-0.05, 0) is 32.4 Å². The fourth-order valence-electron chi connectivity index (χ4n) is 2.42. The van der Waals surface area contributed by atoms with E-state index < -0.39 is 5.60 Å². The third-order valence-electron chi connectivity index (χ3n) is 3.81. The van der Waals surface area contributed by atoms with Gasteiger partial charge in [-0.25, -0.2) is 0 Å². The Morgan fingerprint density at radius 1 is 1.23 bits per heavy atom. The zero-order chi connectivity index (χ0) is 15.9. The van der Waals surface area contributed by atoms with Crippen LogP contribution in [0.2, 0.25) is 0 Å². The molecule has 0 unspecified atom stereocenters. The number of carbonyl (C=O) groups excluding carboxylic acids is 1. The zero-order valence-corrected chi connectivity index (χ0v) is 12.9. The van der Waals surface area contributed by atoms with Gasteiger partial charge in [0.1, 0.15) is 5.84 Å². The molecular formula is C16H18N4O2. The molecule has 2 aliphatic rings. The van der Waals surface area contributed by atoms with Crippen molar-refractivity contribution in [3.63, 3.8) is 0 Å². The van der Waals surface area contributed by atoms with Gasteiger partial charge in [-0.15, -0.1) is 0 Å². The average Bonchev–Trinajstić information content (AvgIpc) is 2.75. The molecule has 0 saturated heterocycles. The molecule has 22 heavy (non-hydrogen) atoms. The lowest BCUT2D eigenvalue weighted by atomic mass is 9.93. The summed E-state index contributed by atoms with van der Waals surface area (Å²) in [5, 5.41) is 3.95. The van der Waals surface area contributed by atoms with Gasteiger partial charge in [-0.2, -0.15) is 0 Å². The van der Waals surface area contributed by atoms with Crippen molar-refractivity contribution < 1.29 is 9.63 Å². The molecule has 2 heterocycles. The van der Waals surface area contributed by atoms with Gasteiger partial charge in [-0.1, -0.05) is 17.3 Å². The van der Waals surface area contributed by atoms with E-state index in [1.54, 1.807) is 13.8 Å². The molecule has 0 saturated carbocycles. The molecule has 1 aromatic carbocycles. The second-order valence-corrected chi connectivity index (χ2v) is 5.97. The van der Waals surface area contributed by atoms with Crippen LogP contribution in [0.25, 0.3) is 0 Å². The van der Waals surface area contributed by atoms with Crippen molar-refractivity contribution in [2.75, 3.05) is 13.1 Å². The van der Waals surface area contributed by atoms with Crippen molar-refractivity contribution in [1.29, 1.82) is 0 Å². The number of hydrogen-bond donors (Lipinski definition) is 1. The Morgan fingerprint density at radius 3 is 2.59 bits per heavy atom. The molecule has 0 aliphatic carbocycles. The number of carbonyl (C=O) groups is 1. The summed E-state index contributed by atoms with van der Waals surface area (Å²) in [7, 11) is 0. The van der Waals surface area contributed by atoms with Crippen LogP contribution in [-0.2, 0) is 9.63 Å². The molecule has 0 fully saturated rings. The van der Waals surface area contributed by atoms with Gasteiger partial charge in [0.2, 0.25) is 5.78 Å². The fourth-order valence-corrected chi connectivity index (χ4v) is 2.42. The van der Waals surface area contributed by atoms with E-state index in [9.17, 15) is 4.79 Å². The number of rotatable bonds is 2. The summed E-state index contributed by atoms with van der Waals surface area (Å²) in [6, 6.07) is 5.75. The average molecular weight is 298 g/mol. The lowest BCUT2D eigenvalue weighted by Crippen LogP contribution is -2.33. The second-order valence-electron chi connectivity index (χ2n) is 5.97. The SMILES string of the molecule is Cc1ccc(C2=NOC(C)(C)C2=O)cc1C1=NCC(N)=NC1. The number of oxime groups is 1. The first-order valence-electron chi connectivity index (χ1n) is 7.13. The summed E-state index contributed by atoms with van der Waals surface area (Å²) in [5.74, 6) is 0.429. The zero-order valence-electron chi connectivity index (χ0n) is 12.9. The fraction of sp³-hybridized carbons (Fsp3) is 0.375. The molecule has 0 aromatic heterocycles. The number of nitrogens with two attached hydrogens (primary N) is 1. The molecule has 0 amide bonds. The minimum Gasteiger partial charge on any atom is -0.386 e. The monoisotopic (exact) mass is 298 g/mol. The number of amidine groups is 1. The Kier molecular flexibility index (Phi) is 3.31. The van der Waals surface area contributed by atoms with E-state index in [1.807, 2.05) is 25.1 Å². The maximum absolute atomic E-state index is 12.3. The van der Waals surface area contributed by atoms with Crippen LogP contribution in [0.5, 0.6) is 0 Å². The van der Waals surface area contributed by atoms with Crippen LogP contribution in [0, 0.1) is 6.92 Å². The molecule has 114 valence electrons. The van der Waals surface area contributed by atoms with Crippen LogP contribution in [0.15, 0.2) is 33.3 Å². The van der Waals surface area contributed by atoms with E-state index in [1.165, 1.54) is 0 Å². The maximum atomic E-state index is 12.3. The highest BCUT2D eigenvalue weighted by molar-refractivity contribution is 6.49. The summed E-state index contributed by atoms with van der Waals surface area (Å²) in [5.41, 5.74) is 8.76. The number of aliphatic imine (C=N–C) groups is 2. The van der Waals surface area contributed by atoms with Crippen LogP contribution in [0.1, 0.15) is 30.5 Å². The normalized spacial score (nSPS) is 20.1. The highest BCUT2D eigenvalue weighted by Gasteiger charge is 2.40. The molecule has 6 heteroatoms. The van der Waals surface area contributed by atoms with Crippen LogP contribution in [0.4, 0.5) is 0 Å². The van der Waals surface area contributed by atoms with E-state index >= 15 is 0 Å². The van der Waals surface area contributed by atoms with Gasteiger partial charge < -0.3 is 10.6 Å². The first-order chi connectivity index (χ1) is 10.4. The highest BCUT2D eigenvalue weighted by atomic mass is 16.7. The molecule has 0 atom stereocenters. The van der Waals surface area contributed by atoms with Crippen LogP contribution < -0.4 is 5.73 Å². The maximum Gasteiger partial charge on any atom is 0.230 e. The Hall–Kier alpha value is -2.50. The predicted molar refractivity (Wildman–Crippen MR) is 85.8 cm³/mol. The smallest absolute Gasteiger partial charge is 0.230 e. The molecule has 3 rings (SSSR count). The van der Waals surface area contributed by atoms with Gasteiger partial charge in [-0.3, -0.25) is 14.8 Å². The second kappa shape index (κ2) is 5.05. The number of benzene rings is 1. The minimum atomic E-state index is -0.901. The number of hydrogen-bond acceptors (Lipinski definition) is 6. The minimum absolute atomic E-state index is 0.116. The molecule has 0 spiro atoms. The number of Topliss-reactive ketones (excluding diaryl/α,β-unsaturated/α-hetero) is 1. The van der Waals surface area contributed by atoms with Gasteiger partial charge in [0.05, 0.1) is 18.8 Å². The molecule has 0 bridgehead atoms. The molecule has 0 radical (unpaired) electrons. The van der Waals surface area contributed by atoms with Crippen LogP contribution in [-0.4, -0.2) is 41.7 Å². The van der Waals surface area contributed by atoms with Crippen molar-refractivity contribution in [2.45, 2.75) is 26.4 Å². The Balaban J connectivity index is 1.97. The molecular weight excluding hydrogens is 280 g/mol. The van der Waals surface area contributed by atoms with Crippen molar-refractivity contribution >= 4 is 23.0 Å². The van der Waals surface area contributed by atoms with Crippen molar-refractivity contribution in [2.24, 2.45) is 20.9 Å². The third-order valence-corrected chi connectivity index (χ3v) is 3.81. The molecule has 1 aromatic rings.